The zero-order valence-electron chi connectivity index (χ0n) is 15.8. The van der Waals surface area contributed by atoms with Gasteiger partial charge in [0, 0.05) is 23.2 Å². The van der Waals surface area contributed by atoms with Crippen molar-refractivity contribution in [1.29, 1.82) is 0 Å². The number of aryl methyl sites for hydroxylation is 1. The molecular formula is C20H17ClF3N3O2S. The van der Waals surface area contributed by atoms with Crippen molar-refractivity contribution in [2.75, 3.05) is 11.4 Å². The number of nitrogens with zero attached hydrogens (tertiary/aromatic N) is 3. The number of fused-ring (bicyclic) bond motifs is 1. The fourth-order valence-electron chi connectivity index (χ4n) is 3.32. The first-order valence-corrected chi connectivity index (χ1v) is 10.4. The first-order chi connectivity index (χ1) is 14.2. The lowest BCUT2D eigenvalue weighted by Gasteiger charge is -2.33. The number of carbonyl (C=O) groups excluding carboxylic acids is 1. The van der Waals surface area contributed by atoms with Crippen molar-refractivity contribution in [3.8, 4) is 5.75 Å². The summed E-state index contributed by atoms with van der Waals surface area (Å²) in [7, 11) is 0. The third-order valence-electron chi connectivity index (χ3n) is 4.74. The minimum Gasteiger partial charge on any atom is -0.489 e. The monoisotopic (exact) mass is 455 g/mol. The first-order valence-electron chi connectivity index (χ1n) is 9.13. The Bertz CT molecular complexity index is 1060. The molecule has 3 heterocycles. The van der Waals surface area contributed by atoms with E-state index in [4.69, 9.17) is 16.3 Å². The van der Waals surface area contributed by atoms with Crippen LogP contribution in [0.4, 0.5) is 19.0 Å². The van der Waals surface area contributed by atoms with Crippen molar-refractivity contribution in [3.05, 3.63) is 62.9 Å². The van der Waals surface area contributed by atoms with Crippen LogP contribution in [-0.4, -0.2) is 28.4 Å². The summed E-state index contributed by atoms with van der Waals surface area (Å²) in [4.78, 5) is 14.8. The van der Waals surface area contributed by atoms with Gasteiger partial charge in [-0.25, -0.2) is 4.68 Å². The second-order valence-corrected chi connectivity index (χ2v) is 8.30. The molecular weight excluding hydrogens is 439 g/mol. The highest BCUT2D eigenvalue weighted by Crippen LogP contribution is 2.40. The van der Waals surface area contributed by atoms with Crippen molar-refractivity contribution in [2.45, 2.75) is 32.2 Å². The highest BCUT2D eigenvalue weighted by molar-refractivity contribution is 7.12. The molecule has 1 unspecified atom stereocenters. The zero-order chi connectivity index (χ0) is 21.5. The number of halogens is 4. The number of alkyl halides is 3. The third kappa shape index (κ3) is 4.17. The average Bonchev–Trinajstić information content (AvgIpc) is 3.31. The number of benzene rings is 1. The lowest BCUT2D eigenvalue weighted by Crippen LogP contribution is -2.42. The maximum absolute atomic E-state index is 13.3. The first kappa shape index (κ1) is 20.7. The molecule has 0 radical (unpaired) electrons. The quantitative estimate of drug-likeness (QED) is 0.511. The highest BCUT2D eigenvalue weighted by atomic mass is 35.5. The summed E-state index contributed by atoms with van der Waals surface area (Å²) in [6, 6.07) is 8.41. The van der Waals surface area contributed by atoms with E-state index in [9.17, 15) is 18.0 Å². The number of hydrogen-bond acceptors (Lipinski definition) is 4. The van der Waals surface area contributed by atoms with Crippen molar-refractivity contribution in [2.24, 2.45) is 0 Å². The minimum absolute atomic E-state index is 0.0251. The van der Waals surface area contributed by atoms with Gasteiger partial charge in [-0.1, -0.05) is 11.6 Å². The molecule has 1 aliphatic rings. The molecule has 158 valence electrons. The number of aromatic nitrogens is 2. The van der Waals surface area contributed by atoms with Gasteiger partial charge < -0.3 is 4.74 Å². The molecule has 1 amide bonds. The van der Waals surface area contributed by atoms with E-state index in [2.05, 4.69) is 5.10 Å². The van der Waals surface area contributed by atoms with E-state index >= 15 is 0 Å². The van der Waals surface area contributed by atoms with Crippen LogP contribution >= 0.6 is 22.9 Å². The van der Waals surface area contributed by atoms with Crippen LogP contribution in [0.2, 0.25) is 5.02 Å². The summed E-state index contributed by atoms with van der Waals surface area (Å²) < 4.78 is 46.6. The van der Waals surface area contributed by atoms with Crippen molar-refractivity contribution < 1.29 is 22.7 Å². The highest BCUT2D eigenvalue weighted by Gasteiger charge is 2.46. The minimum atomic E-state index is -4.42. The Morgan fingerprint density at radius 2 is 2.03 bits per heavy atom. The van der Waals surface area contributed by atoms with Gasteiger partial charge in [-0.05, 0) is 49.1 Å². The van der Waals surface area contributed by atoms with Crippen molar-refractivity contribution in [1.82, 2.24) is 9.78 Å². The van der Waals surface area contributed by atoms with E-state index in [-0.39, 0.29) is 31.3 Å². The molecule has 0 spiro atoms. The van der Waals surface area contributed by atoms with Crippen LogP contribution in [0.3, 0.4) is 0 Å². The summed E-state index contributed by atoms with van der Waals surface area (Å²) in [5, 5.41) is 6.38. The van der Waals surface area contributed by atoms with E-state index in [1.165, 1.54) is 22.3 Å². The summed E-state index contributed by atoms with van der Waals surface area (Å²) >= 11 is 7.08. The molecule has 0 fully saturated rings. The Balaban J connectivity index is 1.50. The lowest BCUT2D eigenvalue weighted by molar-refractivity contribution is -0.172. The largest absolute Gasteiger partial charge is 0.489 e. The normalized spacial score (nSPS) is 16.4. The van der Waals surface area contributed by atoms with Crippen LogP contribution in [0.5, 0.6) is 5.75 Å². The summed E-state index contributed by atoms with van der Waals surface area (Å²) in [5.41, 5.74) is 1.23. The third-order valence-corrected chi connectivity index (χ3v) is 5.96. The Morgan fingerprint density at radius 1 is 1.30 bits per heavy atom. The Hall–Kier alpha value is -2.52. The molecule has 0 aliphatic carbocycles. The molecule has 4 rings (SSSR count). The van der Waals surface area contributed by atoms with Crippen LogP contribution in [0.25, 0.3) is 0 Å². The van der Waals surface area contributed by atoms with Crippen LogP contribution in [0.1, 0.15) is 33.4 Å². The van der Waals surface area contributed by atoms with E-state index in [0.717, 1.165) is 10.2 Å². The number of hydrogen-bond donors (Lipinski definition) is 0. The Labute approximate surface area is 179 Å². The molecule has 30 heavy (non-hydrogen) atoms. The number of ether oxygens (including phenoxy) is 1. The fourth-order valence-corrected chi connectivity index (χ4v) is 4.29. The van der Waals surface area contributed by atoms with Gasteiger partial charge in [-0.2, -0.15) is 18.3 Å². The second kappa shape index (κ2) is 7.96. The zero-order valence-corrected chi connectivity index (χ0v) is 17.4. The second-order valence-electron chi connectivity index (χ2n) is 6.95. The van der Waals surface area contributed by atoms with Gasteiger partial charge in [-0.15, -0.1) is 11.3 Å². The average molecular weight is 456 g/mol. The number of rotatable bonds is 4. The van der Waals surface area contributed by atoms with Crippen molar-refractivity contribution in [3.63, 3.8) is 0 Å². The molecule has 10 heteroatoms. The van der Waals surface area contributed by atoms with Crippen molar-refractivity contribution >= 4 is 34.7 Å². The van der Waals surface area contributed by atoms with Gasteiger partial charge in [-0.3, -0.25) is 9.69 Å². The van der Waals surface area contributed by atoms with Crippen LogP contribution in [-0.2, 0) is 6.61 Å². The van der Waals surface area contributed by atoms with Gasteiger partial charge in [0.05, 0.1) is 10.6 Å². The fraction of sp³-hybridized carbons (Fsp3) is 0.300. The molecule has 1 aromatic carbocycles. The van der Waals surface area contributed by atoms with Gasteiger partial charge in [0.25, 0.3) is 5.91 Å². The molecule has 0 saturated heterocycles. The SMILES string of the molecule is Cc1cc2n(n1)C(C(F)(F)F)CCN2C(=O)c1cc(COc2ccc(Cl)cc2)cs1. The predicted molar refractivity (Wildman–Crippen MR) is 108 cm³/mol. The van der Waals surface area contributed by atoms with E-state index < -0.39 is 12.2 Å². The predicted octanol–water partition coefficient (Wildman–Crippen LogP) is 5.64. The van der Waals surface area contributed by atoms with E-state index in [0.29, 0.717) is 21.3 Å². The molecule has 3 aromatic rings. The van der Waals surface area contributed by atoms with Crippen LogP contribution < -0.4 is 9.64 Å². The molecule has 0 N–H and O–H groups in total. The maximum Gasteiger partial charge on any atom is 0.410 e. The summed E-state index contributed by atoms with van der Waals surface area (Å²) in [6.45, 7) is 1.85. The standard InChI is InChI=1S/C20H17ClF3N3O2S/c1-12-8-18-26(7-6-17(20(22,23)24)27(18)25-12)19(28)16-9-13(11-30-16)10-29-15-4-2-14(21)3-5-15/h2-5,8-9,11,17H,6-7,10H2,1H3. The summed E-state index contributed by atoms with van der Waals surface area (Å²) in [5.74, 6) is 0.463. The number of carbonyl (C=O) groups is 1. The molecule has 5 nitrogen and oxygen atoms in total. The molecule has 0 bridgehead atoms. The Kier molecular flexibility index (Phi) is 5.50. The van der Waals surface area contributed by atoms with Gasteiger partial charge in [0.15, 0.2) is 6.04 Å². The lowest BCUT2D eigenvalue weighted by atomic mass is 10.1. The maximum atomic E-state index is 13.3. The van der Waals surface area contributed by atoms with Crippen LogP contribution in [0.15, 0.2) is 41.8 Å². The summed E-state index contributed by atoms with van der Waals surface area (Å²) in [6.07, 6.45) is -4.65. The van der Waals surface area contributed by atoms with Gasteiger partial charge in [0.1, 0.15) is 18.2 Å². The molecule has 0 saturated carbocycles. The van der Waals surface area contributed by atoms with E-state index in [1.807, 2.05) is 0 Å². The Morgan fingerprint density at radius 3 is 2.73 bits per heavy atom. The van der Waals surface area contributed by atoms with E-state index in [1.54, 1.807) is 42.6 Å². The van der Waals surface area contributed by atoms with Gasteiger partial charge >= 0.3 is 6.18 Å². The molecule has 1 atom stereocenters. The smallest absolute Gasteiger partial charge is 0.410 e. The van der Waals surface area contributed by atoms with Gasteiger partial charge in [0.2, 0.25) is 0 Å². The van der Waals surface area contributed by atoms with Crippen LogP contribution in [0, 0.1) is 6.92 Å². The molecule has 1 aliphatic heterocycles. The number of amides is 1. The number of thiophene rings is 1. The molecule has 2 aromatic heterocycles. The topological polar surface area (TPSA) is 47.4 Å². The number of anilines is 1.